The molecule has 1 atom stereocenters. The van der Waals surface area contributed by atoms with Gasteiger partial charge in [0.1, 0.15) is 0 Å². The Labute approximate surface area is 126 Å². The average Bonchev–Trinajstić information content (AvgIpc) is 2.40. The molecule has 0 aliphatic heterocycles. The zero-order valence-electron chi connectivity index (χ0n) is 10.8. The second-order valence-electron chi connectivity index (χ2n) is 5.34. The van der Waals surface area contributed by atoms with Crippen molar-refractivity contribution in [2.24, 2.45) is 17.6 Å². The fraction of sp³-hybridized carbons (Fsp3) is 0.571. The summed E-state index contributed by atoms with van der Waals surface area (Å²) in [6, 6.07) is 4.67. The van der Waals surface area contributed by atoms with Crippen LogP contribution in [-0.4, -0.2) is 6.18 Å². The first-order valence-electron chi connectivity index (χ1n) is 6.56. The Kier molecular flexibility index (Phi) is 4.88. The van der Waals surface area contributed by atoms with Gasteiger partial charge < -0.3 is 5.73 Å². The van der Waals surface area contributed by atoms with Crippen molar-refractivity contribution in [1.82, 2.24) is 0 Å². The van der Waals surface area contributed by atoms with Crippen molar-refractivity contribution in [3.63, 3.8) is 0 Å². The van der Waals surface area contributed by atoms with Gasteiger partial charge >= 0.3 is 6.18 Å². The smallest absolute Gasteiger partial charge is 0.324 e. The zero-order chi connectivity index (χ0) is 14.9. The highest BCUT2D eigenvalue weighted by Crippen LogP contribution is 2.43. The summed E-state index contributed by atoms with van der Waals surface area (Å²) in [4.78, 5) is 0. The molecule has 1 aliphatic carbocycles. The lowest BCUT2D eigenvalue weighted by molar-refractivity contribution is -0.184. The van der Waals surface area contributed by atoms with Gasteiger partial charge in [0.05, 0.1) is 5.92 Å². The van der Waals surface area contributed by atoms with Crippen LogP contribution in [-0.2, 0) is 0 Å². The third kappa shape index (κ3) is 3.60. The Bertz CT molecular complexity index is 468. The van der Waals surface area contributed by atoms with E-state index in [1.165, 1.54) is 0 Å². The monoisotopic (exact) mass is 325 g/mol. The van der Waals surface area contributed by atoms with E-state index in [9.17, 15) is 13.2 Å². The van der Waals surface area contributed by atoms with Gasteiger partial charge in [-0.1, -0.05) is 23.2 Å². The fourth-order valence-corrected chi connectivity index (χ4v) is 3.25. The van der Waals surface area contributed by atoms with Crippen LogP contribution >= 0.6 is 23.2 Å². The maximum Gasteiger partial charge on any atom is 0.391 e. The highest BCUT2D eigenvalue weighted by Gasteiger charge is 2.42. The maximum absolute atomic E-state index is 12.6. The van der Waals surface area contributed by atoms with Gasteiger partial charge in [-0.3, -0.25) is 0 Å². The number of halogens is 5. The van der Waals surface area contributed by atoms with E-state index < -0.39 is 12.1 Å². The van der Waals surface area contributed by atoms with Crippen molar-refractivity contribution < 1.29 is 13.2 Å². The summed E-state index contributed by atoms with van der Waals surface area (Å²) in [5.74, 6) is -1.18. The van der Waals surface area contributed by atoms with Gasteiger partial charge in [-0.15, -0.1) is 0 Å². The third-order valence-electron chi connectivity index (χ3n) is 4.06. The first kappa shape index (κ1) is 15.9. The molecule has 1 saturated carbocycles. The summed E-state index contributed by atoms with van der Waals surface area (Å²) in [6.07, 6.45) is -2.88. The molecule has 0 saturated heterocycles. The molecule has 0 heterocycles. The number of hydrogen-bond acceptors (Lipinski definition) is 1. The quantitative estimate of drug-likeness (QED) is 0.778. The molecule has 1 aromatic carbocycles. The van der Waals surface area contributed by atoms with Crippen LogP contribution in [0.5, 0.6) is 0 Å². The first-order valence-corrected chi connectivity index (χ1v) is 7.32. The fourth-order valence-electron chi connectivity index (χ4n) is 2.83. The van der Waals surface area contributed by atoms with Gasteiger partial charge in [0.2, 0.25) is 0 Å². The van der Waals surface area contributed by atoms with Crippen molar-refractivity contribution in [3.8, 4) is 0 Å². The molecule has 1 fully saturated rings. The molecular formula is C14H16Cl2F3N. The molecule has 0 amide bonds. The van der Waals surface area contributed by atoms with Crippen LogP contribution in [0.3, 0.4) is 0 Å². The molecule has 112 valence electrons. The molecule has 0 radical (unpaired) electrons. The second kappa shape index (κ2) is 6.12. The molecule has 1 aromatic rings. The summed E-state index contributed by atoms with van der Waals surface area (Å²) < 4.78 is 37.9. The summed E-state index contributed by atoms with van der Waals surface area (Å²) in [6.45, 7) is 0. The summed E-state index contributed by atoms with van der Waals surface area (Å²) >= 11 is 12.0. The van der Waals surface area contributed by atoms with Crippen LogP contribution in [0, 0.1) is 11.8 Å². The molecule has 2 N–H and O–H groups in total. The molecule has 20 heavy (non-hydrogen) atoms. The standard InChI is InChI=1S/C14H16Cl2F3N/c15-10-5-6-12(16)11(7-10)13(20)8-1-3-9(4-2-8)14(17,18)19/h5-9,13H,1-4,20H2. The average molecular weight is 326 g/mol. The van der Waals surface area contributed by atoms with Crippen molar-refractivity contribution >= 4 is 23.2 Å². The first-order chi connectivity index (χ1) is 9.29. The third-order valence-corrected chi connectivity index (χ3v) is 4.64. The lowest BCUT2D eigenvalue weighted by Gasteiger charge is -2.33. The minimum Gasteiger partial charge on any atom is -0.324 e. The highest BCUT2D eigenvalue weighted by molar-refractivity contribution is 6.33. The van der Waals surface area contributed by atoms with Crippen molar-refractivity contribution in [2.45, 2.75) is 37.9 Å². The number of benzene rings is 1. The van der Waals surface area contributed by atoms with Gasteiger partial charge in [-0.25, -0.2) is 0 Å². The lowest BCUT2D eigenvalue weighted by atomic mass is 9.77. The number of alkyl halides is 3. The molecule has 1 nitrogen and oxygen atoms in total. The van der Waals surface area contributed by atoms with E-state index in [0.29, 0.717) is 22.9 Å². The van der Waals surface area contributed by atoms with Crippen molar-refractivity contribution in [2.75, 3.05) is 0 Å². The van der Waals surface area contributed by atoms with Crippen LogP contribution in [0.1, 0.15) is 37.3 Å². The van der Waals surface area contributed by atoms with Gasteiger partial charge in [-0.2, -0.15) is 13.2 Å². The van der Waals surface area contributed by atoms with Gasteiger partial charge in [0.15, 0.2) is 0 Å². The highest BCUT2D eigenvalue weighted by atomic mass is 35.5. The van der Waals surface area contributed by atoms with E-state index >= 15 is 0 Å². The number of nitrogens with two attached hydrogens (primary N) is 1. The Morgan fingerprint density at radius 3 is 2.25 bits per heavy atom. The molecule has 1 aliphatic rings. The van der Waals surface area contributed by atoms with E-state index in [-0.39, 0.29) is 24.8 Å². The molecule has 1 unspecified atom stereocenters. The van der Waals surface area contributed by atoms with Crippen LogP contribution in [0.4, 0.5) is 13.2 Å². The lowest BCUT2D eigenvalue weighted by Crippen LogP contribution is -2.32. The van der Waals surface area contributed by atoms with Gasteiger partial charge in [0.25, 0.3) is 0 Å². The van der Waals surface area contributed by atoms with Crippen molar-refractivity contribution in [3.05, 3.63) is 33.8 Å². The summed E-state index contributed by atoms with van der Waals surface area (Å²) in [7, 11) is 0. The summed E-state index contributed by atoms with van der Waals surface area (Å²) in [5.41, 5.74) is 6.89. The largest absolute Gasteiger partial charge is 0.391 e. The van der Waals surface area contributed by atoms with Crippen LogP contribution in [0.2, 0.25) is 10.0 Å². The number of rotatable bonds is 2. The van der Waals surface area contributed by atoms with E-state index in [4.69, 9.17) is 28.9 Å². The van der Waals surface area contributed by atoms with E-state index in [1.54, 1.807) is 18.2 Å². The molecule has 0 spiro atoms. The van der Waals surface area contributed by atoms with Gasteiger partial charge in [0, 0.05) is 16.1 Å². The predicted octanol–water partition coefficient (Wildman–Crippen LogP) is 5.36. The van der Waals surface area contributed by atoms with Crippen LogP contribution in [0.15, 0.2) is 18.2 Å². The molecular weight excluding hydrogens is 310 g/mol. The van der Waals surface area contributed by atoms with E-state index in [2.05, 4.69) is 0 Å². The SMILES string of the molecule is NC(c1cc(Cl)ccc1Cl)C1CCC(C(F)(F)F)CC1. The topological polar surface area (TPSA) is 26.0 Å². The number of hydrogen-bond donors (Lipinski definition) is 1. The van der Waals surface area contributed by atoms with Crippen LogP contribution < -0.4 is 5.73 Å². The zero-order valence-corrected chi connectivity index (χ0v) is 12.3. The van der Waals surface area contributed by atoms with Crippen LogP contribution in [0.25, 0.3) is 0 Å². The predicted molar refractivity (Wildman–Crippen MR) is 74.9 cm³/mol. The Morgan fingerprint density at radius 1 is 1.10 bits per heavy atom. The summed E-state index contributed by atoms with van der Waals surface area (Å²) in [5, 5.41) is 1.05. The van der Waals surface area contributed by atoms with E-state index in [0.717, 1.165) is 5.56 Å². The minimum absolute atomic E-state index is 0.0181. The molecule has 2 rings (SSSR count). The van der Waals surface area contributed by atoms with Crippen molar-refractivity contribution in [1.29, 1.82) is 0 Å². The second-order valence-corrected chi connectivity index (χ2v) is 6.19. The Morgan fingerprint density at radius 2 is 1.70 bits per heavy atom. The van der Waals surface area contributed by atoms with E-state index in [1.807, 2.05) is 0 Å². The van der Waals surface area contributed by atoms with Gasteiger partial charge in [-0.05, 0) is 55.4 Å². The molecule has 0 aromatic heterocycles. The molecule has 6 heteroatoms. The Hall–Kier alpha value is -0.450. The Balaban J connectivity index is 2.05. The maximum atomic E-state index is 12.6. The minimum atomic E-state index is -4.09. The molecule has 0 bridgehead atoms. The normalized spacial score (nSPS) is 25.5.